The number of methoxy groups -OCH3 is 1. The van der Waals surface area contributed by atoms with E-state index in [4.69, 9.17) is 15.2 Å². The molecule has 112 valence electrons. The second kappa shape index (κ2) is 7.81. The van der Waals surface area contributed by atoms with Gasteiger partial charge in [-0.05, 0) is 42.0 Å². The van der Waals surface area contributed by atoms with Gasteiger partial charge in [0, 0.05) is 11.4 Å². The molecule has 2 N–H and O–H groups in total. The molecule has 0 fully saturated rings. The molecule has 0 aliphatic rings. The minimum Gasteiger partial charge on any atom is -0.497 e. The van der Waals surface area contributed by atoms with Crippen LogP contribution in [0.4, 0.5) is 0 Å². The smallest absolute Gasteiger partial charge is 0.119 e. The Morgan fingerprint density at radius 2 is 1.62 bits per heavy atom. The molecule has 5 heteroatoms. The van der Waals surface area contributed by atoms with E-state index in [0.717, 1.165) is 22.0 Å². The molecule has 0 aliphatic heterocycles. The topological polar surface area (TPSA) is 61.5 Å². The van der Waals surface area contributed by atoms with Crippen LogP contribution in [-0.2, 0) is 17.3 Å². The highest BCUT2D eigenvalue weighted by atomic mass is 32.2. The van der Waals surface area contributed by atoms with E-state index in [-0.39, 0.29) is 0 Å². The second-order valence-corrected chi connectivity index (χ2v) is 5.99. The van der Waals surface area contributed by atoms with Crippen molar-refractivity contribution in [3.8, 4) is 11.5 Å². The van der Waals surface area contributed by atoms with Crippen molar-refractivity contribution in [2.24, 2.45) is 5.73 Å². The van der Waals surface area contributed by atoms with Crippen molar-refractivity contribution in [2.75, 3.05) is 19.5 Å². The van der Waals surface area contributed by atoms with Crippen LogP contribution in [0.3, 0.4) is 0 Å². The Labute approximate surface area is 127 Å². The average Bonchev–Trinajstić information content (AvgIpc) is 2.55. The third-order valence-electron chi connectivity index (χ3n) is 3.02. The maximum atomic E-state index is 12.1. The molecule has 1 unspecified atom stereocenters. The Balaban J connectivity index is 1.82. The van der Waals surface area contributed by atoms with Gasteiger partial charge in [-0.3, -0.25) is 4.21 Å². The molecule has 0 spiro atoms. The summed E-state index contributed by atoms with van der Waals surface area (Å²) in [6.07, 6.45) is 0. The highest BCUT2D eigenvalue weighted by molar-refractivity contribution is 7.85. The fourth-order valence-electron chi connectivity index (χ4n) is 1.80. The van der Waals surface area contributed by atoms with E-state index in [1.54, 1.807) is 19.2 Å². The molecule has 0 saturated heterocycles. The van der Waals surface area contributed by atoms with Gasteiger partial charge < -0.3 is 15.2 Å². The van der Waals surface area contributed by atoms with Crippen LogP contribution in [0.5, 0.6) is 11.5 Å². The van der Waals surface area contributed by atoms with Gasteiger partial charge in [0.05, 0.1) is 23.7 Å². The molecule has 2 aromatic carbocycles. The van der Waals surface area contributed by atoms with Gasteiger partial charge in [0.2, 0.25) is 0 Å². The summed E-state index contributed by atoms with van der Waals surface area (Å²) < 4.78 is 22.8. The first-order valence-electron chi connectivity index (χ1n) is 6.67. The first-order chi connectivity index (χ1) is 10.2. The summed E-state index contributed by atoms with van der Waals surface area (Å²) in [4.78, 5) is 0.776. The molecule has 1 atom stereocenters. The zero-order chi connectivity index (χ0) is 15.1. The van der Waals surface area contributed by atoms with Crippen LogP contribution < -0.4 is 15.2 Å². The van der Waals surface area contributed by atoms with Crippen LogP contribution in [-0.4, -0.2) is 23.7 Å². The van der Waals surface area contributed by atoms with E-state index < -0.39 is 10.8 Å². The molecule has 21 heavy (non-hydrogen) atoms. The molecule has 0 bridgehead atoms. The number of ether oxygens (including phenoxy) is 2. The van der Waals surface area contributed by atoms with E-state index in [9.17, 15) is 4.21 Å². The Kier molecular flexibility index (Phi) is 5.78. The third-order valence-corrected chi connectivity index (χ3v) is 4.35. The van der Waals surface area contributed by atoms with Crippen LogP contribution in [0.2, 0.25) is 0 Å². The fraction of sp³-hybridized carbons (Fsp3) is 0.250. The summed E-state index contributed by atoms with van der Waals surface area (Å²) in [5.41, 5.74) is 6.59. The maximum absolute atomic E-state index is 12.1. The lowest BCUT2D eigenvalue weighted by Gasteiger charge is -2.07. The molecule has 0 aromatic heterocycles. The van der Waals surface area contributed by atoms with Crippen molar-refractivity contribution >= 4 is 10.8 Å². The number of hydrogen-bond donors (Lipinski definition) is 1. The van der Waals surface area contributed by atoms with Gasteiger partial charge in [-0.15, -0.1) is 0 Å². The lowest BCUT2D eigenvalue weighted by atomic mass is 10.2. The maximum Gasteiger partial charge on any atom is 0.119 e. The summed E-state index contributed by atoms with van der Waals surface area (Å²) in [5.74, 6) is 1.97. The summed E-state index contributed by atoms with van der Waals surface area (Å²) in [7, 11) is 0.533. The predicted octanol–water partition coefficient (Wildman–Crippen LogP) is 2.34. The van der Waals surface area contributed by atoms with E-state index in [1.165, 1.54) is 0 Å². The van der Waals surface area contributed by atoms with E-state index in [2.05, 4.69) is 0 Å². The Bertz CT molecular complexity index is 581. The second-order valence-electron chi connectivity index (χ2n) is 4.42. The van der Waals surface area contributed by atoms with Crippen molar-refractivity contribution in [3.05, 3.63) is 54.1 Å². The molecule has 2 rings (SSSR count). The van der Waals surface area contributed by atoms with Crippen molar-refractivity contribution in [1.29, 1.82) is 0 Å². The van der Waals surface area contributed by atoms with Crippen molar-refractivity contribution in [3.63, 3.8) is 0 Å². The highest BCUT2D eigenvalue weighted by Crippen LogP contribution is 2.15. The Morgan fingerprint density at radius 1 is 1.00 bits per heavy atom. The van der Waals surface area contributed by atoms with Gasteiger partial charge in [-0.2, -0.15) is 0 Å². The molecule has 0 aliphatic carbocycles. The lowest BCUT2D eigenvalue weighted by Crippen LogP contribution is -2.08. The van der Waals surface area contributed by atoms with Crippen LogP contribution >= 0.6 is 0 Å². The molecule has 0 amide bonds. The number of rotatable bonds is 7. The van der Waals surface area contributed by atoms with Gasteiger partial charge in [-0.1, -0.05) is 12.1 Å². The van der Waals surface area contributed by atoms with Gasteiger partial charge in [0.25, 0.3) is 0 Å². The first-order valence-corrected chi connectivity index (χ1v) is 7.99. The number of benzene rings is 2. The standard InChI is InChI=1S/C16H19NO3S/c1-19-14-6-8-16(9-7-14)21(18)11-10-20-15-4-2-13(12-17)3-5-15/h2-9H,10-12,17H2,1H3. The third kappa shape index (κ3) is 4.58. The van der Waals surface area contributed by atoms with Gasteiger partial charge >= 0.3 is 0 Å². The quantitative estimate of drug-likeness (QED) is 0.853. The van der Waals surface area contributed by atoms with Crippen LogP contribution in [0.15, 0.2) is 53.4 Å². The van der Waals surface area contributed by atoms with Crippen molar-refractivity contribution < 1.29 is 13.7 Å². The summed E-state index contributed by atoms with van der Waals surface area (Å²) in [6.45, 7) is 0.919. The predicted molar refractivity (Wildman–Crippen MR) is 84.1 cm³/mol. The zero-order valence-electron chi connectivity index (χ0n) is 12.0. The van der Waals surface area contributed by atoms with E-state index in [0.29, 0.717) is 18.9 Å². The summed E-state index contributed by atoms with van der Waals surface area (Å²) in [6, 6.07) is 14.8. The van der Waals surface area contributed by atoms with Crippen LogP contribution in [0.1, 0.15) is 5.56 Å². The SMILES string of the molecule is COc1ccc(S(=O)CCOc2ccc(CN)cc2)cc1. The number of hydrogen-bond acceptors (Lipinski definition) is 4. The van der Waals surface area contributed by atoms with Crippen LogP contribution in [0.25, 0.3) is 0 Å². The highest BCUT2D eigenvalue weighted by Gasteiger charge is 2.04. The monoisotopic (exact) mass is 305 g/mol. The molecule has 2 aromatic rings. The first kappa shape index (κ1) is 15.5. The van der Waals surface area contributed by atoms with Crippen LogP contribution in [0, 0.1) is 0 Å². The zero-order valence-corrected chi connectivity index (χ0v) is 12.8. The van der Waals surface area contributed by atoms with Crippen molar-refractivity contribution in [2.45, 2.75) is 11.4 Å². The Morgan fingerprint density at radius 3 is 2.19 bits per heavy atom. The minimum atomic E-state index is -1.07. The largest absolute Gasteiger partial charge is 0.497 e. The van der Waals surface area contributed by atoms with Gasteiger partial charge in [0.15, 0.2) is 0 Å². The average molecular weight is 305 g/mol. The molecular formula is C16H19NO3S. The van der Waals surface area contributed by atoms with E-state index in [1.807, 2.05) is 36.4 Å². The summed E-state index contributed by atoms with van der Waals surface area (Å²) in [5, 5.41) is 0. The minimum absolute atomic E-state index is 0.403. The fourth-order valence-corrected chi connectivity index (χ4v) is 2.71. The molecule has 0 saturated carbocycles. The van der Waals surface area contributed by atoms with E-state index >= 15 is 0 Å². The summed E-state index contributed by atoms with van der Waals surface area (Å²) >= 11 is 0. The van der Waals surface area contributed by atoms with Gasteiger partial charge in [-0.25, -0.2) is 0 Å². The van der Waals surface area contributed by atoms with Crippen molar-refractivity contribution in [1.82, 2.24) is 0 Å². The van der Waals surface area contributed by atoms with Gasteiger partial charge in [0.1, 0.15) is 18.1 Å². The molecule has 0 heterocycles. The Hall–Kier alpha value is -1.85. The molecule has 4 nitrogen and oxygen atoms in total. The molecule has 0 radical (unpaired) electrons. The molecular weight excluding hydrogens is 286 g/mol. The normalized spacial score (nSPS) is 11.9. The lowest BCUT2D eigenvalue weighted by molar-refractivity contribution is 0.342. The number of nitrogens with two attached hydrogens (primary N) is 1.